The number of aromatic nitrogens is 1. The predicted molar refractivity (Wildman–Crippen MR) is 60.8 cm³/mol. The number of aryl methyl sites for hydroxylation is 1. The molecule has 2 rings (SSSR count). The minimum Gasteiger partial charge on any atom is -0.383 e. The molecule has 0 fully saturated rings. The molecule has 3 nitrogen and oxygen atoms in total. The number of hydrogen-bond donors (Lipinski definition) is 1. The third-order valence-electron chi connectivity index (χ3n) is 3.16. The van der Waals surface area contributed by atoms with Gasteiger partial charge >= 0.3 is 0 Å². The lowest BCUT2D eigenvalue weighted by Crippen LogP contribution is -2.09. The Labute approximate surface area is 91.2 Å². The Balaban J connectivity index is 2.14. The van der Waals surface area contributed by atoms with Crippen LogP contribution in [0.1, 0.15) is 36.4 Å². The second-order valence-electron chi connectivity index (χ2n) is 4.32. The number of rotatable bonds is 3. The van der Waals surface area contributed by atoms with Gasteiger partial charge in [0.15, 0.2) is 0 Å². The number of nitrogens with two attached hydrogens (primary N) is 1. The highest BCUT2D eigenvalue weighted by Gasteiger charge is 2.16. The average Bonchev–Trinajstić information content (AvgIpc) is 2.57. The minimum absolute atomic E-state index is 0.242. The van der Waals surface area contributed by atoms with Crippen molar-refractivity contribution in [1.29, 1.82) is 0 Å². The van der Waals surface area contributed by atoms with E-state index in [0.29, 0.717) is 0 Å². The molecule has 0 aliphatic heterocycles. The van der Waals surface area contributed by atoms with E-state index in [9.17, 15) is 0 Å². The fourth-order valence-electron chi connectivity index (χ4n) is 2.28. The van der Waals surface area contributed by atoms with E-state index >= 15 is 0 Å². The SMILES string of the molecule is COCCn1cc2c(c1)C(N)CCCC2. The van der Waals surface area contributed by atoms with Crippen LogP contribution in [0.25, 0.3) is 0 Å². The standard InChI is InChI=1S/C12H20N2O/c1-15-7-6-14-8-10-4-2-3-5-12(13)11(10)9-14/h8-9,12H,2-7,13H2,1H3. The lowest BCUT2D eigenvalue weighted by atomic mass is 10.1. The van der Waals surface area contributed by atoms with Crippen molar-refractivity contribution < 1.29 is 4.74 Å². The van der Waals surface area contributed by atoms with Gasteiger partial charge in [0, 0.05) is 32.1 Å². The lowest BCUT2D eigenvalue weighted by Gasteiger charge is -2.07. The van der Waals surface area contributed by atoms with Crippen LogP contribution >= 0.6 is 0 Å². The van der Waals surface area contributed by atoms with Gasteiger partial charge in [0.1, 0.15) is 0 Å². The smallest absolute Gasteiger partial charge is 0.0641 e. The summed E-state index contributed by atoms with van der Waals surface area (Å²) in [7, 11) is 1.74. The Kier molecular flexibility index (Phi) is 3.44. The number of hydrogen-bond acceptors (Lipinski definition) is 2. The van der Waals surface area contributed by atoms with Crippen LogP contribution in [0.5, 0.6) is 0 Å². The maximum absolute atomic E-state index is 6.14. The molecule has 0 spiro atoms. The molecule has 84 valence electrons. The van der Waals surface area contributed by atoms with Crippen molar-refractivity contribution in [2.75, 3.05) is 13.7 Å². The maximum atomic E-state index is 6.14. The second-order valence-corrected chi connectivity index (χ2v) is 4.32. The van der Waals surface area contributed by atoms with Crippen molar-refractivity contribution in [3.8, 4) is 0 Å². The highest BCUT2D eigenvalue weighted by Crippen LogP contribution is 2.27. The molecule has 0 saturated carbocycles. The summed E-state index contributed by atoms with van der Waals surface area (Å²) in [4.78, 5) is 0. The fraction of sp³-hybridized carbons (Fsp3) is 0.667. The zero-order valence-electron chi connectivity index (χ0n) is 9.41. The number of ether oxygens (including phenoxy) is 1. The molecule has 3 heteroatoms. The Morgan fingerprint density at radius 3 is 3.13 bits per heavy atom. The molecule has 1 aromatic heterocycles. The summed E-state index contributed by atoms with van der Waals surface area (Å²) in [5.74, 6) is 0. The van der Waals surface area contributed by atoms with Crippen molar-refractivity contribution in [1.82, 2.24) is 4.57 Å². The molecule has 1 atom stereocenters. The van der Waals surface area contributed by atoms with Gasteiger partial charge in [0.05, 0.1) is 6.61 Å². The number of nitrogens with zero attached hydrogens (tertiary/aromatic N) is 1. The molecule has 1 heterocycles. The van der Waals surface area contributed by atoms with Crippen molar-refractivity contribution in [2.45, 2.75) is 38.3 Å². The normalized spacial score (nSPS) is 21.1. The third-order valence-corrected chi connectivity index (χ3v) is 3.16. The van der Waals surface area contributed by atoms with Gasteiger partial charge in [0.2, 0.25) is 0 Å². The number of fused-ring (bicyclic) bond motifs is 1. The van der Waals surface area contributed by atoms with Crippen LogP contribution in [0, 0.1) is 0 Å². The maximum Gasteiger partial charge on any atom is 0.0641 e. The van der Waals surface area contributed by atoms with Crippen LogP contribution in [0.3, 0.4) is 0 Å². The first-order valence-electron chi connectivity index (χ1n) is 5.74. The van der Waals surface area contributed by atoms with Crippen LogP contribution in [0.2, 0.25) is 0 Å². The van der Waals surface area contributed by atoms with E-state index in [2.05, 4.69) is 17.0 Å². The van der Waals surface area contributed by atoms with Crippen LogP contribution < -0.4 is 5.73 Å². The van der Waals surface area contributed by atoms with Gasteiger partial charge in [0.25, 0.3) is 0 Å². The van der Waals surface area contributed by atoms with Gasteiger partial charge in [-0.3, -0.25) is 0 Å². The van der Waals surface area contributed by atoms with Gasteiger partial charge in [-0.2, -0.15) is 0 Å². The lowest BCUT2D eigenvalue weighted by molar-refractivity contribution is 0.187. The van der Waals surface area contributed by atoms with E-state index in [4.69, 9.17) is 10.5 Å². The average molecular weight is 208 g/mol. The molecule has 0 radical (unpaired) electrons. The number of methoxy groups -OCH3 is 1. The minimum atomic E-state index is 0.242. The molecule has 1 aliphatic rings. The predicted octanol–water partition coefficient (Wildman–Crippen LogP) is 1.86. The summed E-state index contributed by atoms with van der Waals surface area (Å²) in [6, 6.07) is 0.242. The second kappa shape index (κ2) is 4.81. The summed E-state index contributed by atoms with van der Waals surface area (Å²) >= 11 is 0. The molecule has 1 unspecified atom stereocenters. The van der Waals surface area contributed by atoms with Gasteiger partial charge in [-0.15, -0.1) is 0 Å². The molecule has 0 bridgehead atoms. The molecule has 0 saturated heterocycles. The van der Waals surface area contributed by atoms with Crippen molar-refractivity contribution in [3.05, 3.63) is 23.5 Å². The highest BCUT2D eigenvalue weighted by molar-refractivity contribution is 5.28. The fourth-order valence-corrected chi connectivity index (χ4v) is 2.28. The summed E-state index contributed by atoms with van der Waals surface area (Å²) in [5.41, 5.74) is 8.94. The Bertz CT molecular complexity index is 319. The van der Waals surface area contributed by atoms with E-state index in [0.717, 1.165) is 19.6 Å². The molecular weight excluding hydrogens is 188 g/mol. The summed E-state index contributed by atoms with van der Waals surface area (Å²) in [6.07, 6.45) is 9.27. The van der Waals surface area contributed by atoms with Crippen molar-refractivity contribution in [3.63, 3.8) is 0 Å². The van der Waals surface area contributed by atoms with E-state index in [1.807, 2.05) is 0 Å². The van der Waals surface area contributed by atoms with Gasteiger partial charge in [-0.1, -0.05) is 6.42 Å². The highest BCUT2D eigenvalue weighted by atomic mass is 16.5. The van der Waals surface area contributed by atoms with Gasteiger partial charge in [-0.25, -0.2) is 0 Å². The van der Waals surface area contributed by atoms with Crippen molar-refractivity contribution >= 4 is 0 Å². The molecule has 1 aliphatic carbocycles. The topological polar surface area (TPSA) is 40.2 Å². The summed E-state index contributed by atoms with van der Waals surface area (Å²) in [5, 5.41) is 0. The van der Waals surface area contributed by atoms with E-state index < -0.39 is 0 Å². The van der Waals surface area contributed by atoms with Crippen LogP contribution in [0.4, 0.5) is 0 Å². The summed E-state index contributed by atoms with van der Waals surface area (Å²) in [6.45, 7) is 1.69. The zero-order valence-corrected chi connectivity index (χ0v) is 9.41. The van der Waals surface area contributed by atoms with E-state index in [1.165, 1.54) is 30.4 Å². The molecule has 15 heavy (non-hydrogen) atoms. The molecule has 2 N–H and O–H groups in total. The quantitative estimate of drug-likeness (QED) is 0.770. The van der Waals surface area contributed by atoms with E-state index in [1.54, 1.807) is 7.11 Å². The Morgan fingerprint density at radius 2 is 2.33 bits per heavy atom. The van der Waals surface area contributed by atoms with E-state index in [-0.39, 0.29) is 6.04 Å². The third kappa shape index (κ3) is 2.41. The molecule has 0 amide bonds. The largest absolute Gasteiger partial charge is 0.383 e. The van der Waals surface area contributed by atoms with Gasteiger partial charge < -0.3 is 15.0 Å². The first-order valence-corrected chi connectivity index (χ1v) is 5.74. The Morgan fingerprint density at radius 1 is 1.47 bits per heavy atom. The van der Waals surface area contributed by atoms with Crippen LogP contribution in [-0.2, 0) is 17.7 Å². The molecule has 1 aromatic rings. The first-order chi connectivity index (χ1) is 7.31. The first kappa shape index (κ1) is 10.7. The summed E-state index contributed by atoms with van der Waals surface area (Å²) < 4.78 is 7.28. The zero-order chi connectivity index (χ0) is 10.7. The monoisotopic (exact) mass is 208 g/mol. The van der Waals surface area contributed by atoms with Gasteiger partial charge in [-0.05, 0) is 30.4 Å². The molecular formula is C12H20N2O. The van der Waals surface area contributed by atoms with Crippen LogP contribution in [0.15, 0.2) is 12.4 Å². The van der Waals surface area contributed by atoms with Crippen molar-refractivity contribution in [2.24, 2.45) is 5.73 Å². The molecule has 0 aromatic carbocycles. The van der Waals surface area contributed by atoms with Crippen LogP contribution in [-0.4, -0.2) is 18.3 Å². The Hall–Kier alpha value is -0.800.